The molecule has 0 unspecified atom stereocenters. The van der Waals surface area contributed by atoms with Crippen molar-refractivity contribution in [1.29, 1.82) is 0 Å². The summed E-state index contributed by atoms with van der Waals surface area (Å²) in [6, 6.07) is 12.8. The molecule has 0 saturated carbocycles. The number of fused-ring (bicyclic) bond motifs is 1. The number of nitrogens with one attached hydrogen (secondary N) is 3. The number of methoxy groups -OCH3 is 1. The smallest absolute Gasteiger partial charge is 0.323 e. The highest BCUT2D eigenvalue weighted by molar-refractivity contribution is 6.02. The molecule has 1 aliphatic heterocycles. The van der Waals surface area contributed by atoms with Gasteiger partial charge in [0.1, 0.15) is 23.7 Å². The summed E-state index contributed by atoms with van der Waals surface area (Å²) in [5.41, 5.74) is 2.44. The van der Waals surface area contributed by atoms with E-state index in [9.17, 15) is 14.4 Å². The summed E-state index contributed by atoms with van der Waals surface area (Å²) in [5.74, 6) is 0.434. The molecule has 0 spiro atoms. The Kier molecular flexibility index (Phi) is 9.68. The molecule has 0 aliphatic carbocycles. The Morgan fingerprint density at radius 1 is 1.00 bits per heavy atom. The van der Waals surface area contributed by atoms with Crippen LogP contribution in [0.25, 0.3) is 0 Å². The standard InChI is InChI=1S/C30H38N6O6/c1-18-15-36(30(39)33-27-20(3)34-42-21(27)4)19(2)17-41-25-13-12-23(32-29(38)31-22-10-8-7-9-11-22)14-24(25)28(37)35(5)16-26(18)40-6/h7-14,18-19,26H,15-17H2,1-6H3,(H,33,39)(H2,31,32,38)/t18-,19-,26+/m1/s1. The lowest BCUT2D eigenvalue weighted by Gasteiger charge is -2.36. The Bertz CT molecular complexity index is 1390. The van der Waals surface area contributed by atoms with Crippen molar-refractivity contribution in [2.24, 2.45) is 5.92 Å². The van der Waals surface area contributed by atoms with E-state index in [2.05, 4.69) is 21.1 Å². The van der Waals surface area contributed by atoms with Crippen molar-refractivity contribution in [3.8, 4) is 5.75 Å². The van der Waals surface area contributed by atoms with Crippen molar-refractivity contribution in [2.75, 3.05) is 49.8 Å². The number of aromatic nitrogens is 1. The third kappa shape index (κ3) is 7.19. The van der Waals surface area contributed by atoms with Gasteiger partial charge in [-0.15, -0.1) is 0 Å². The topological polar surface area (TPSA) is 138 Å². The summed E-state index contributed by atoms with van der Waals surface area (Å²) in [7, 11) is 3.27. The Labute approximate surface area is 245 Å². The van der Waals surface area contributed by atoms with E-state index in [1.165, 1.54) is 0 Å². The first-order chi connectivity index (χ1) is 20.1. The second-order valence-corrected chi connectivity index (χ2v) is 10.5. The summed E-state index contributed by atoms with van der Waals surface area (Å²) < 4.78 is 17.1. The fourth-order valence-electron chi connectivity index (χ4n) is 4.79. The summed E-state index contributed by atoms with van der Waals surface area (Å²) in [6.45, 7) is 8.10. The van der Waals surface area contributed by atoms with Crippen LogP contribution >= 0.6 is 0 Å². The van der Waals surface area contributed by atoms with Crippen LogP contribution in [0.4, 0.5) is 26.7 Å². The SMILES string of the molecule is CO[C@H]1CN(C)C(=O)c2cc(NC(=O)Nc3ccccc3)ccc2OC[C@@H](C)N(C(=O)Nc2c(C)noc2C)C[C@H]1C. The summed E-state index contributed by atoms with van der Waals surface area (Å²) >= 11 is 0. The van der Waals surface area contributed by atoms with Gasteiger partial charge in [-0.1, -0.05) is 30.3 Å². The number of urea groups is 2. The molecule has 4 rings (SSSR count). The molecular formula is C30H38N6O6. The van der Waals surface area contributed by atoms with Crippen LogP contribution in [0.2, 0.25) is 0 Å². The minimum atomic E-state index is -0.446. The molecule has 0 radical (unpaired) electrons. The molecule has 3 aromatic rings. The Hall–Kier alpha value is -4.58. The number of anilines is 3. The minimum absolute atomic E-state index is 0.116. The normalized spacial score (nSPS) is 19.6. The average Bonchev–Trinajstić information content (AvgIpc) is 3.29. The molecule has 3 atom stereocenters. The summed E-state index contributed by atoms with van der Waals surface area (Å²) in [6.07, 6.45) is -0.359. The number of hydrogen-bond acceptors (Lipinski definition) is 7. The maximum Gasteiger partial charge on any atom is 0.323 e. The van der Waals surface area contributed by atoms with Gasteiger partial charge in [0, 0.05) is 44.5 Å². The Morgan fingerprint density at radius 3 is 2.38 bits per heavy atom. The highest BCUT2D eigenvalue weighted by atomic mass is 16.5. The van der Waals surface area contributed by atoms with Crippen LogP contribution in [0.5, 0.6) is 5.75 Å². The van der Waals surface area contributed by atoms with Crippen molar-refractivity contribution in [3.63, 3.8) is 0 Å². The number of hydrogen-bond donors (Lipinski definition) is 3. The van der Waals surface area contributed by atoms with E-state index in [-0.39, 0.29) is 48.7 Å². The molecule has 3 N–H and O–H groups in total. The molecule has 224 valence electrons. The van der Waals surface area contributed by atoms with Crippen molar-refractivity contribution >= 4 is 35.0 Å². The Morgan fingerprint density at radius 2 is 1.71 bits per heavy atom. The number of ether oxygens (including phenoxy) is 2. The number of rotatable bonds is 4. The molecule has 0 fully saturated rings. The van der Waals surface area contributed by atoms with E-state index in [0.717, 1.165) is 0 Å². The highest BCUT2D eigenvalue weighted by Gasteiger charge is 2.31. The number of aryl methyl sites for hydroxylation is 2. The number of amides is 5. The molecule has 0 saturated heterocycles. The van der Waals surface area contributed by atoms with E-state index in [0.29, 0.717) is 40.8 Å². The first-order valence-electron chi connectivity index (χ1n) is 13.8. The van der Waals surface area contributed by atoms with Crippen molar-refractivity contribution < 1.29 is 28.4 Å². The fraction of sp³-hybridized carbons (Fsp3) is 0.400. The van der Waals surface area contributed by atoms with Crippen LogP contribution in [-0.2, 0) is 4.74 Å². The van der Waals surface area contributed by atoms with Crippen LogP contribution in [-0.4, -0.2) is 78.9 Å². The van der Waals surface area contributed by atoms with Gasteiger partial charge in [0.25, 0.3) is 5.91 Å². The number of carbonyl (C=O) groups excluding carboxylic acids is 3. The van der Waals surface area contributed by atoms with Crippen LogP contribution in [0.15, 0.2) is 53.1 Å². The van der Waals surface area contributed by atoms with Gasteiger partial charge in [0.05, 0.1) is 17.7 Å². The predicted octanol–water partition coefficient (Wildman–Crippen LogP) is 4.97. The van der Waals surface area contributed by atoms with E-state index >= 15 is 0 Å². The van der Waals surface area contributed by atoms with E-state index in [4.69, 9.17) is 14.0 Å². The van der Waals surface area contributed by atoms with Crippen LogP contribution < -0.4 is 20.7 Å². The second-order valence-electron chi connectivity index (χ2n) is 10.5. The number of para-hydroxylation sites is 1. The molecule has 0 bridgehead atoms. The fourth-order valence-corrected chi connectivity index (χ4v) is 4.79. The lowest BCUT2D eigenvalue weighted by molar-refractivity contribution is 0.0174. The number of benzene rings is 2. The molecular weight excluding hydrogens is 540 g/mol. The van der Waals surface area contributed by atoms with Gasteiger partial charge in [0.2, 0.25) is 0 Å². The van der Waals surface area contributed by atoms with E-state index < -0.39 is 6.03 Å². The van der Waals surface area contributed by atoms with Gasteiger partial charge in [-0.05, 0) is 51.1 Å². The molecule has 5 amide bonds. The first kappa shape index (κ1) is 30.4. The number of carbonyl (C=O) groups is 3. The van der Waals surface area contributed by atoms with Gasteiger partial charge in [0.15, 0.2) is 5.76 Å². The summed E-state index contributed by atoms with van der Waals surface area (Å²) in [4.78, 5) is 43.0. The Balaban J connectivity index is 1.60. The van der Waals surface area contributed by atoms with Gasteiger partial charge >= 0.3 is 12.1 Å². The summed E-state index contributed by atoms with van der Waals surface area (Å²) in [5, 5.41) is 12.4. The van der Waals surface area contributed by atoms with Gasteiger partial charge in [-0.2, -0.15) is 0 Å². The molecule has 2 aromatic carbocycles. The quantitative estimate of drug-likeness (QED) is 0.397. The van der Waals surface area contributed by atoms with E-state index in [1.807, 2.05) is 32.0 Å². The average molecular weight is 579 g/mol. The third-order valence-electron chi connectivity index (χ3n) is 7.26. The lowest BCUT2D eigenvalue weighted by Crippen LogP contribution is -2.50. The number of likely N-dealkylation sites (N-methyl/N-ethyl adjacent to an activating group) is 1. The van der Waals surface area contributed by atoms with Gasteiger partial charge in [-0.25, -0.2) is 9.59 Å². The minimum Gasteiger partial charge on any atom is -0.491 e. The van der Waals surface area contributed by atoms with Crippen LogP contribution in [0, 0.1) is 19.8 Å². The largest absolute Gasteiger partial charge is 0.491 e. The third-order valence-corrected chi connectivity index (χ3v) is 7.26. The van der Waals surface area contributed by atoms with Crippen molar-refractivity contribution in [2.45, 2.75) is 39.8 Å². The second kappa shape index (κ2) is 13.4. The molecule has 42 heavy (non-hydrogen) atoms. The maximum absolute atomic E-state index is 13.6. The van der Waals surface area contributed by atoms with Gasteiger partial charge < -0.3 is 39.7 Å². The van der Waals surface area contributed by atoms with E-state index in [1.54, 1.807) is 68.1 Å². The monoisotopic (exact) mass is 578 g/mol. The molecule has 12 nitrogen and oxygen atoms in total. The predicted molar refractivity (Wildman–Crippen MR) is 159 cm³/mol. The molecule has 1 aromatic heterocycles. The zero-order chi connectivity index (χ0) is 30.4. The van der Waals surface area contributed by atoms with Crippen LogP contribution in [0.3, 0.4) is 0 Å². The van der Waals surface area contributed by atoms with Crippen LogP contribution in [0.1, 0.15) is 35.7 Å². The van der Waals surface area contributed by atoms with Crippen molar-refractivity contribution in [1.82, 2.24) is 15.0 Å². The lowest BCUT2D eigenvalue weighted by atomic mass is 10.0. The first-order valence-corrected chi connectivity index (χ1v) is 13.8. The molecule has 2 heterocycles. The molecule has 1 aliphatic rings. The maximum atomic E-state index is 13.6. The molecule has 12 heteroatoms. The van der Waals surface area contributed by atoms with Gasteiger partial charge in [-0.3, -0.25) is 4.79 Å². The van der Waals surface area contributed by atoms with Crippen molar-refractivity contribution in [3.05, 3.63) is 65.5 Å². The highest BCUT2D eigenvalue weighted by Crippen LogP contribution is 2.27. The zero-order valence-electron chi connectivity index (χ0n) is 24.8. The zero-order valence-corrected chi connectivity index (χ0v) is 24.8. The number of nitrogens with zero attached hydrogens (tertiary/aromatic N) is 3.